The molecule has 1 saturated heterocycles. The molecule has 0 atom stereocenters. The summed E-state index contributed by atoms with van der Waals surface area (Å²) >= 11 is 0. The third kappa shape index (κ3) is 2.70. The van der Waals surface area contributed by atoms with Gasteiger partial charge in [-0.15, -0.1) is 0 Å². The minimum atomic E-state index is -0.440. The Morgan fingerprint density at radius 2 is 2.17 bits per heavy atom. The Bertz CT molecular complexity index is 183. The van der Waals surface area contributed by atoms with E-state index in [1.54, 1.807) is 0 Å². The first-order chi connectivity index (χ1) is 5.77. The summed E-state index contributed by atoms with van der Waals surface area (Å²) < 4.78 is 10.7. The highest BCUT2D eigenvalue weighted by Crippen LogP contribution is 2.23. The van der Waals surface area contributed by atoms with Crippen molar-refractivity contribution in [1.29, 1.82) is 0 Å². The van der Waals surface area contributed by atoms with Crippen LogP contribution in [0.2, 0.25) is 0 Å². The molecule has 5 nitrogen and oxygen atoms in total. The molecule has 5 heteroatoms. The van der Waals surface area contributed by atoms with Crippen LogP contribution in [0.25, 0.3) is 10.4 Å². The zero-order valence-corrected chi connectivity index (χ0v) is 7.19. The summed E-state index contributed by atoms with van der Waals surface area (Å²) in [6.07, 6.45) is 1.59. The number of rotatable bonds is 4. The van der Waals surface area contributed by atoms with Gasteiger partial charge in [0, 0.05) is 17.9 Å². The smallest absolute Gasteiger partial charge is 0.165 e. The van der Waals surface area contributed by atoms with Crippen LogP contribution in [0.4, 0.5) is 0 Å². The molecule has 0 aromatic rings. The molecule has 0 amide bonds. The molecule has 0 aromatic carbocycles. The molecule has 1 heterocycles. The van der Waals surface area contributed by atoms with Crippen LogP contribution >= 0.6 is 0 Å². The summed E-state index contributed by atoms with van der Waals surface area (Å²) in [5.74, 6) is -0.440. The van der Waals surface area contributed by atoms with Crippen molar-refractivity contribution in [3.05, 3.63) is 10.4 Å². The van der Waals surface area contributed by atoms with Gasteiger partial charge in [0.25, 0.3) is 0 Å². The molecule has 1 rings (SSSR count). The molecule has 1 aliphatic heterocycles. The summed E-state index contributed by atoms with van der Waals surface area (Å²) in [6.45, 7) is 3.75. The predicted molar refractivity (Wildman–Crippen MR) is 43.6 cm³/mol. The number of azide groups is 1. The average Bonchev–Trinajstić information content (AvgIpc) is 2.47. The first-order valence-corrected chi connectivity index (χ1v) is 4.06. The van der Waals surface area contributed by atoms with E-state index in [1.165, 1.54) is 0 Å². The molecule has 0 unspecified atom stereocenters. The maximum Gasteiger partial charge on any atom is 0.165 e. The molecular formula is C7H13N3O2. The van der Waals surface area contributed by atoms with E-state index in [1.807, 2.05) is 6.92 Å². The molecule has 1 fully saturated rings. The van der Waals surface area contributed by atoms with Gasteiger partial charge in [-0.1, -0.05) is 5.11 Å². The van der Waals surface area contributed by atoms with Crippen LogP contribution in [-0.4, -0.2) is 25.5 Å². The highest BCUT2D eigenvalue weighted by atomic mass is 16.7. The lowest BCUT2D eigenvalue weighted by Crippen LogP contribution is -2.25. The lowest BCUT2D eigenvalue weighted by atomic mass is 10.2. The van der Waals surface area contributed by atoms with Gasteiger partial charge in [-0.3, -0.25) is 0 Å². The Balaban J connectivity index is 2.16. The minimum Gasteiger partial charge on any atom is -0.348 e. The van der Waals surface area contributed by atoms with Crippen molar-refractivity contribution in [1.82, 2.24) is 0 Å². The molecule has 0 spiro atoms. The molecule has 68 valence electrons. The Morgan fingerprint density at radius 3 is 2.75 bits per heavy atom. The molecular weight excluding hydrogens is 158 g/mol. The number of hydrogen-bond donors (Lipinski definition) is 0. The van der Waals surface area contributed by atoms with Crippen molar-refractivity contribution in [2.24, 2.45) is 5.11 Å². The highest BCUT2D eigenvalue weighted by molar-refractivity contribution is 4.68. The van der Waals surface area contributed by atoms with Gasteiger partial charge in [0.15, 0.2) is 5.79 Å². The van der Waals surface area contributed by atoms with Crippen LogP contribution in [0.15, 0.2) is 5.11 Å². The molecule has 12 heavy (non-hydrogen) atoms. The van der Waals surface area contributed by atoms with Gasteiger partial charge in [-0.2, -0.15) is 0 Å². The van der Waals surface area contributed by atoms with Gasteiger partial charge in [0.2, 0.25) is 0 Å². The van der Waals surface area contributed by atoms with Gasteiger partial charge < -0.3 is 9.47 Å². The second-order valence-electron chi connectivity index (χ2n) is 2.89. The van der Waals surface area contributed by atoms with Crippen LogP contribution in [0, 0.1) is 0 Å². The quantitative estimate of drug-likeness (QED) is 0.280. The molecule has 0 saturated carbocycles. The van der Waals surface area contributed by atoms with Crippen molar-refractivity contribution in [2.45, 2.75) is 25.6 Å². The van der Waals surface area contributed by atoms with Crippen LogP contribution in [0.3, 0.4) is 0 Å². The molecule has 0 radical (unpaired) electrons. The molecule has 0 aliphatic carbocycles. The standard InChI is InChI=1S/C7H13N3O2/c1-7(11-5-6-12-7)3-2-4-9-10-8/h2-6H2,1H3. The summed E-state index contributed by atoms with van der Waals surface area (Å²) in [4.78, 5) is 2.67. The molecule has 0 N–H and O–H groups in total. The Hall–Kier alpha value is -0.770. The Kier molecular flexibility index (Phi) is 3.34. The van der Waals surface area contributed by atoms with Crippen molar-refractivity contribution in [3.63, 3.8) is 0 Å². The third-order valence-electron chi connectivity index (χ3n) is 1.85. The van der Waals surface area contributed by atoms with Gasteiger partial charge in [0.1, 0.15) is 0 Å². The monoisotopic (exact) mass is 171 g/mol. The second-order valence-corrected chi connectivity index (χ2v) is 2.89. The fourth-order valence-corrected chi connectivity index (χ4v) is 1.22. The number of hydrogen-bond acceptors (Lipinski definition) is 3. The Morgan fingerprint density at radius 1 is 1.50 bits per heavy atom. The van der Waals surface area contributed by atoms with E-state index in [-0.39, 0.29) is 0 Å². The summed E-state index contributed by atoms with van der Waals surface area (Å²) in [5, 5.41) is 3.43. The maximum absolute atomic E-state index is 8.02. The van der Waals surface area contributed by atoms with E-state index in [0.29, 0.717) is 19.8 Å². The minimum absolute atomic E-state index is 0.440. The molecule has 1 aliphatic rings. The van der Waals surface area contributed by atoms with Crippen LogP contribution in [0.1, 0.15) is 19.8 Å². The van der Waals surface area contributed by atoms with Crippen molar-refractivity contribution in [3.8, 4) is 0 Å². The van der Waals surface area contributed by atoms with Crippen molar-refractivity contribution >= 4 is 0 Å². The van der Waals surface area contributed by atoms with Crippen molar-refractivity contribution in [2.75, 3.05) is 19.8 Å². The van der Waals surface area contributed by atoms with Crippen LogP contribution < -0.4 is 0 Å². The van der Waals surface area contributed by atoms with Crippen molar-refractivity contribution < 1.29 is 9.47 Å². The number of nitrogens with zero attached hydrogens (tertiary/aromatic N) is 3. The van der Waals surface area contributed by atoms with E-state index in [9.17, 15) is 0 Å². The van der Waals surface area contributed by atoms with E-state index >= 15 is 0 Å². The summed E-state index contributed by atoms with van der Waals surface area (Å²) in [6, 6.07) is 0. The fourth-order valence-electron chi connectivity index (χ4n) is 1.22. The predicted octanol–water partition coefficient (Wildman–Crippen LogP) is 1.84. The zero-order valence-electron chi connectivity index (χ0n) is 7.19. The maximum atomic E-state index is 8.02. The summed E-state index contributed by atoms with van der Waals surface area (Å²) in [7, 11) is 0. The topological polar surface area (TPSA) is 67.2 Å². The normalized spacial score (nSPS) is 20.4. The van der Waals surface area contributed by atoms with Crippen LogP contribution in [-0.2, 0) is 9.47 Å². The first kappa shape index (κ1) is 9.32. The zero-order chi connectivity index (χ0) is 8.86. The molecule has 0 bridgehead atoms. The second kappa shape index (κ2) is 4.30. The SMILES string of the molecule is CC1(CCCN=[N+]=[N-])OCCO1. The van der Waals surface area contributed by atoms with Gasteiger partial charge in [-0.25, -0.2) is 0 Å². The lowest BCUT2D eigenvalue weighted by molar-refractivity contribution is -0.146. The van der Waals surface area contributed by atoms with E-state index in [2.05, 4.69) is 10.0 Å². The number of ether oxygens (including phenoxy) is 2. The van der Waals surface area contributed by atoms with Crippen LogP contribution in [0.5, 0.6) is 0 Å². The van der Waals surface area contributed by atoms with E-state index in [4.69, 9.17) is 15.0 Å². The van der Waals surface area contributed by atoms with Gasteiger partial charge >= 0.3 is 0 Å². The summed E-state index contributed by atoms with van der Waals surface area (Å²) in [5.41, 5.74) is 8.02. The largest absolute Gasteiger partial charge is 0.348 e. The third-order valence-corrected chi connectivity index (χ3v) is 1.85. The van der Waals surface area contributed by atoms with Gasteiger partial charge in [0.05, 0.1) is 13.2 Å². The first-order valence-electron chi connectivity index (χ1n) is 4.06. The van der Waals surface area contributed by atoms with Gasteiger partial charge in [-0.05, 0) is 18.9 Å². The average molecular weight is 171 g/mol. The highest BCUT2D eigenvalue weighted by Gasteiger charge is 2.29. The Labute approximate surface area is 71.3 Å². The molecule has 0 aromatic heterocycles. The van der Waals surface area contributed by atoms with E-state index < -0.39 is 5.79 Å². The van der Waals surface area contributed by atoms with E-state index in [0.717, 1.165) is 12.8 Å². The fraction of sp³-hybridized carbons (Fsp3) is 1.00. The lowest BCUT2D eigenvalue weighted by Gasteiger charge is -2.21.